The number of halogens is 4. The average molecular weight is 435 g/mol. The minimum atomic E-state index is -4.60. The lowest BCUT2D eigenvalue weighted by atomic mass is 10.0. The fourth-order valence-electron chi connectivity index (χ4n) is 2.64. The maximum absolute atomic E-state index is 12.7. The van der Waals surface area contributed by atoms with Crippen molar-refractivity contribution in [3.05, 3.63) is 39.6 Å². The lowest BCUT2D eigenvalue weighted by Gasteiger charge is -2.21. The molecule has 10 heteroatoms. The first-order valence-electron chi connectivity index (χ1n) is 8.43. The van der Waals surface area contributed by atoms with Crippen LogP contribution < -0.4 is 10.6 Å². The number of hydrogen-bond acceptors (Lipinski definition) is 4. The van der Waals surface area contributed by atoms with Gasteiger partial charge in [0, 0.05) is 28.0 Å². The molecule has 152 valence electrons. The van der Waals surface area contributed by atoms with Crippen LogP contribution in [0, 0.1) is 0 Å². The number of rotatable bonds is 6. The van der Waals surface area contributed by atoms with Crippen molar-refractivity contribution in [2.24, 2.45) is 0 Å². The third-order valence-electron chi connectivity index (χ3n) is 4.07. The van der Waals surface area contributed by atoms with Crippen molar-refractivity contribution in [2.75, 3.05) is 0 Å². The molecule has 2 N–H and O–H groups in total. The number of piperidine rings is 1. The zero-order valence-electron chi connectivity index (χ0n) is 14.9. The molecule has 3 amide bonds. The van der Waals surface area contributed by atoms with E-state index in [1.807, 2.05) is 6.92 Å². The van der Waals surface area contributed by atoms with Crippen molar-refractivity contribution in [2.45, 2.75) is 44.8 Å². The Bertz CT molecular complexity index is 846. The van der Waals surface area contributed by atoms with Crippen LogP contribution in [0.4, 0.5) is 13.2 Å². The van der Waals surface area contributed by atoms with E-state index in [1.165, 1.54) is 5.38 Å². The molecule has 0 saturated carbocycles. The van der Waals surface area contributed by atoms with E-state index < -0.39 is 35.5 Å². The van der Waals surface area contributed by atoms with Gasteiger partial charge in [0.15, 0.2) is 0 Å². The second-order valence-electron chi connectivity index (χ2n) is 6.20. The van der Waals surface area contributed by atoms with Crippen molar-refractivity contribution in [3.8, 4) is 0 Å². The van der Waals surface area contributed by atoms with Gasteiger partial charge in [0.25, 0.3) is 5.91 Å². The summed E-state index contributed by atoms with van der Waals surface area (Å²) < 4.78 is 38.1. The smallest absolute Gasteiger partial charge is 0.340 e. The number of hydrogen-bond donors (Lipinski definition) is 2. The zero-order chi connectivity index (χ0) is 21.1. The summed E-state index contributed by atoms with van der Waals surface area (Å²) in [7, 11) is 0. The zero-order valence-corrected chi connectivity index (χ0v) is 16.5. The van der Waals surface area contributed by atoms with E-state index in [9.17, 15) is 27.6 Å². The highest BCUT2D eigenvalue weighted by atomic mass is 35.5. The number of amides is 3. The molecule has 2 rings (SSSR count). The predicted molar refractivity (Wildman–Crippen MR) is 101 cm³/mol. The number of carbonyl (C=O) groups is 3. The Balaban J connectivity index is 2.27. The molecule has 5 nitrogen and oxygen atoms in total. The molecule has 1 aromatic rings. The third kappa shape index (κ3) is 5.23. The molecule has 0 radical (unpaired) electrons. The van der Waals surface area contributed by atoms with Gasteiger partial charge in [0.1, 0.15) is 6.04 Å². The summed E-state index contributed by atoms with van der Waals surface area (Å²) in [6, 6.07) is -0.846. The Labute approximate surface area is 168 Å². The van der Waals surface area contributed by atoms with Crippen LogP contribution in [-0.2, 0) is 16.0 Å². The minimum absolute atomic E-state index is 0.113. The van der Waals surface area contributed by atoms with E-state index in [4.69, 9.17) is 11.6 Å². The number of carbonyl (C=O) groups excluding carboxylic acids is 3. The van der Waals surface area contributed by atoms with Crippen LogP contribution in [0.5, 0.6) is 0 Å². The van der Waals surface area contributed by atoms with E-state index in [0.717, 1.165) is 17.4 Å². The monoisotopic (exact) mass is 434 g/mol. The quantitative estimate of drug-likeness (QED) is 0.526. The number of imide groups is 1. The summed E-state index contributed by atoms with van der Waals surface area (Å²) in [6.45, 7) is 4.82. The van der Waals surface area contributed by atoms with Gasteiger partial charge >= 0.3 is 6.18 Å². The van der Waals surface area contributed by atoms with Crippen LogP contribution in [-0.4, -0.2) is 29.9 Å². The standard InChI is InChI=1S/C18H18ClF3N2O3S/c1-3-4-10-11(12(19)7-9(2)18(20,21)22)8-28-15(10)17(27)23-13-5-6-14(25)24-16(13)26/h7-8,13H,2-6H2,1H3,(H,23,27)(H,24,25,26)/b12-7+. The second kappa shape index (κ2) is 8.91. The van der Waals surface area contributed by atoms with E-state index >= 15 is 0 Å². The van der Waals surface area contributed by atoms with Crippen LogP contribution in [0.2, 0.25) is 0 Å². The largest absolute Gasteiger partial charge is 0.415 e. The summed E-state index contributed by atoms with van der Waals surface area (Å²) >= 11 is 7.10. The van der Waals surface area contributed by atoms with Gasteiger partial charge < -0.3 is 5.32 Å². The van der Waals surface area contributed by atoms with Gasteiger partial charge in [-0.25, -0.2) is 0 Å². The Morgan fingerprint density at radius 2 is 2.14 bits per heavy atom. The van der Waals surface area contributed by atoms with Crippen molar-refractivity contribution in [1.82, 2.24) is 10.6 Å². The first-order valence-corrected chi connectivity index (χ1v) is 9.69. The van der Waals surface area contributed by atoms with Crippen molar-refractivity contribution >= 4 is 45.7 Å². The van der Waals surface area contributed by atoms with Gasteiger partial charge in [-0.05, 0) is 24.5 Å². The second-order valence-corrected chi connectivity index (χ2v) is 7.49. The Kier molecular flexibility index (Phi) is 7.06. The van der Waals surface area contributed by atoms with Gasteiger partial charge in [-0.15, -0.1) is 11.3 Å². The van der Waals surface area contributed by atoms with Crippen LogP contribution in [0.15, 0.2) is 23.6 Å². The number of nitrogens with one attached hydrogen (secondary N) is 2. The lowest BCUT2D eigenvalue weighted by Crippen LogP contribution is -2.52. The molecule has 28 heavy (non-hydrogen) atoms. The number of thiophene rings is 1. The average Bonchev–Trinajstić information content (AvgIpc) is 3.00. The maximum Gasteiger partial charge on any atom is 0.415 e. The van der Waals surface area contributed by atoms with Gasteiger partial charge in [0.2, 0.25) is 11.8 Å². The summed E-state index contributed by atoms with van der Waals surface area (Å²) in [4.78, 5) is 35.9. The highest BCUT2D eigenvalue weighted by molar-refractivity contribution is 7.12. The molecule has 0 aromatic carbocycles. The highest BCUT2D eigenvalue weighted by Crippen LogP contribution is 2.35. The van der Waals surface area contributed by atoms with Gasteiger partial charge in [-0.1, -0.05) is 31.5 Å². The van der Waals surface area contributed by atoms with E-state index in [-0.39, 0.29) is 22.8 Å². The van der Waals surface area contributed by atoms with Crippen molar-refractivity contribution in [1.29, 1.82) is 0 Å². The fraction of sp³-hybridized carbons (Fsp3) is 0.389. The predicted octanol–water partition coefficient (Wildman–Crippen LogP) is 3.93. The first-order chi connectivity index (χ1) is 13.0. The molecule has 1 atom stereocenters. The SMILES string of the molecule is C=C(/C=C(/Cl)c1csc(C(=O)NC2CCC(=O)NC2=O)c1CCC)C(F)(F)F. The first kappa shape index (κ1) is 22.2. The van der Waals surface area contributed by atoms with Gasteiger partial charge in [-0.2, -0.15) is 13.2 Å². The van der Waals surface area contributed by atoms with Crippen LogP contribution in [0.25, 0.3) is 5.03 Å². The van der Waals surface area contributed by atoms with Crippen molar-refractivity contribution < 1.29 is 27.6 Å². The molecule has 1 aliphatic rings. The van der Waals surface area contributed by atoms with E-state index in [2.05, 4.69) is 17.2 Å². The Morgan fingerprint density at radius 3 is 2.71 bits per heavy atom. The van der Waals surface area contributed by atoms with Crippen LogP contribution in [0.1, 0.15) is 47.0 Å². The Morgan fingerprint density at radius 1 is 1.46 bits per heavy atom. The third-order valence-corrected chi connectivity index (χ3v) is 5.40. The molecule has 0 bridgehead atoms. The van der Waals surface area contributed by atoms with E-state index in [1.54, 1.807) is 0 Å². The molecular formula is C18H18ClF3N2O3S. The lowest BCUT2D eigenvalue weighted by molar-refractivity contribution is -0.134. The molecular weight excluding hydrogens is 417 g/mol. The van der Waals surface area contributed by atoms with Crippen LogP contribution >= 0.6 is 22.9 Å². The van der Waals surface area contributed by atoms with Crippen LogP contribution in [0.3, 0.4) is 0 Å². The normalized spacial score (nSPS) is 18.0. The molecule has 2 heterocycles. The molecule has 0 aliphatic carbocycles. The van der Waals surface area contributed by atoms with E-state index in [0.29, 0.717) is 24.0 Å². The number of allylic oxidation sites excluding steroid dienone is 2. The molecule has 1 fully saturated rings. The summed E-state index contributed by atoms with van der Waals surface area (Å²) in [6.07, 6.45) is -2.53. The van der Waals surface area contributed by atoms with Gasteiger partial charge in [-0.3, -0.25) is 19.7 Å². The molecule has 1 aromatic heterocycles. The Hall–Kier alpha value is -2.13. The number of alkyl halides is 3. The summed E-state index contributed by atoms with van der Waals surface area (Å²) in [5.74, 6) is -1.52. The molecule has 1 unspecified atom stereocenters. The molecule has 0 spiro atoms. The minimum Gasteiger partial charge on any atom is -0.340 e. The molecule has 1 aliphatic heterocycles. The van der Waals surface area contributed by atoms with Gasteiger partial charge in [0.05, 0.1) is 4.88 Å². The topological polar surface area (TPSA) is 75.3 Å². The highest BCUT2D eigenvalue weighted by Gasteiger charge is 2.32. The summed E-state index contributed by atoms with van der Waals surface area (Å²) in [5.41, 5.74) is -0.262. The maximum atomic E-state index is 12.7. The van der Waals surface area contributed by atoms with Crippen molar-refractivity contribution in [3.63, 3.8) is 0 Å². The molecule has 1 saturated heterocycles. The fourth-order valence-corrected chi connectivity index (χ4v) is 4.03. The summed E-state index contributed by atoms with van der Waals surface area (Å²) in [5, 5.41) is 6.06.